The smallest absolute Gasteiger partial charge is 0.307 e. The molecule has 0 spiro atoms. The Hall–Kier alpha value is -1.52. The summed E-state index contributed by atoms with van der Waals surface area (Å²) >= 11 is 0. The average Bonchev–Trinajstić information content (AvgIpc) is 2.20. The lowest BCUT2D eigenvalue weighted by Gasteiger charge is -2.25. The molecule has 0 bridgehead atoms. The lowest BCUT2D eigenvalue weighted by Crippen LogP contribution is -2.40. The van der Waals surface area contributed by atoms with Crippen LogP contribution in [0.5, 0.6) is 0 Å². The molecule has 5 heteroatoms. The minimum atomic E-state index is -1.18. The normalized spacial score (nSPS) is 26.5. The van der Waals surface area contributed by atoms with Crippen molar-refractivity contribution >= 4 is 23.3 Å². The summed E-state index contributed by atoms with van der Waals surface area (Å²) in [6.45, 7) is 1.61. The molecule has 1 rings (SSSR count). The van der Waals surface area contributed by atoms with Gasteiger partial charge in [-0.1, -0.05) is 6.92 Å². The van der Waals surface area contributed by atoms with Gasteiger partial charge in [0, 0.05) is 25.2 Å². The van der Waals surface area contributed by atoms with Crippen LogP contribution in [0, 0.1) is 11.8 Å². The monoisotopic (exact) mass is 212 g/mol. The predicted molar refractivity (Wildman–Crippen MR) is 49.2 cm³/mol. The van der Waals surface area contributed by atoms with Crippen LogP contribution in [0.4, 0.5) is 0 Å². The molecule has 0 aliphatic heterocycles. The second-order valence-electron chi connectivity index (χ2n) is 3.63. The van der Waals surface area contributed by atoms with E-state index >= 15 is 0 Å². The van der Waals surface area contributed by atoms with E-state index in [1.54, 1.807) is 6.92 Å². The molecule has 1 aliphatic carbocycles. The molecule has 1 aliphatic rings. The van der Waals surface area contributed by atoms with Crippen molar-refractivity contribution in [1.29, 1.82) is 0 Å². The number of carbonyl (C=O) groups excluding carboxylic acids is 3. The van der Waals surface area contributed by atoms with Gasteiger partial charge in [0.15, 0.2) is 11.6 Å². The van der Waals surface area contributed by atoms with Crippen molar-refractivity contribution in [3.63, 3.8) is 0 Å². The molecule has 0 aromatic carbocycles. The van der Waals surface area contributed by atoms with E-state index in [9.17, 15) is 19.2 Å². The summed E-state index contributed by atoms with van der Waals surface area (Å²) in [6, 6.07) is 0. The molecule has 15 heavy (non-hydrogen) atoms. The van der Waals surface area contributed by atoms with E-state index < -0.39 is 29.4 Å². The van der Waals surface area contributed by atoms with Crippen LogP contribution >= 0.6 is 0 Å². The summed E-state index contributed by atoms with van der Waals surface area (Å²) in [5.74, 6) is -4.59. The molecule has 1 N–H and O–H groups in total. The van der Waals surface area contributed by atoms with Crippen LogP contribution in [-0.2, 0) is 19.2 Å². The van der Waals surface area contributed by atoms with Crippen LogP contribution in [0.25, 0.3) is 0 Å². The molecule has 1 saturated carbocycles. The minimum Gasteiger partial charge on any atom is -0.481 e. The topological polar surface area (TPSA) is 88.5 Å². The number of carboxylic acids is 1. The highest BCUT2D eigenvalue weighted by Crippen LogP contribution is 2.28. The number of carbonyl (C=O) groups is 4. The van der Waals surface area contributed by atoms with E-state index in [1.165, 1.54) is 0 Å². The molecule has 0 saturated heterocycles. The van der Waals surface area contributed by atoms with Gasteiger partial charge in [-0.3, -0.25) is 19.2 Å². The molecule has 5 nitrogen and oxygen atoms in total. The maximum absolute atomic E-state index is 11.4. The first-order valence-electron chi connectivity index (χ1n) is 4.79. The zero-order chi connectivity index (χ0) is 11.6. The van der Waals surface area contributed by atoms with Crippen LogP contribution in [-0.4, -0.2) is 28.4 Å². The second-order valence-corrected chi connectivity index (χ2v) is 3.63. The van der Waals surface area contributed by atoms with Gasteiger partial charge in [0.1, 0.15) is 5.78 Å². The molecule has 82 valence electrons. The average molecular weight is 212 g/mol. The Morgan fingerprint density at radius 2 is 1.67 bits per heavy atom. The van der Waals surface area contributed by atoms with Gasteiger partial charge in [0.25, 0.3) is 0 Å². The van der Waals surface area contributed by atoms with Gasteiger partial charge >= 0.3 is 5.97 Å². The van der Waals surface area contributed by atoms with E-state index in [-0.39, 0.29) is 25.0 Å². The number of hydrogen-bond donors (Lipinski definition) is 1. The Balaban J connectivity index is 2.91. The van der Waals surface area contributed by atoms with Crippen LogP contribution in [0.1, 0.15) is 26.2 Å². The summed E-state index contributed by atoms with van der Waals surface area (Å²) in [5, 5.41) is 8.84. The van der Waals surface area contributed by atoms with Crippen LogP contribution in [0.2, 0.25) is 0 Å². The number of hydrogen-bond acceptors (Lipinski definition) is 4. The largest absolute Gasteiger partial charge is 0.481 e. The summed E-state index contributed by atoms with van der Waals surface area (Å²) < 4.78 is 0. The number of aliphatic carboxylic acids is 1. The van der Waals surface area contributed by atoms with E-state index in [4.69, 9.17) is 5.11 Å². The first kappa shape index (κ1) is 11.6. The fourth-order valence-electron chi connectivity index (χ4n) is 1.77. The summed E-state index contributed by atoms with van der Waals surface area (Å²) in [4.78, 5) is 44.4. The maximum Gasteiger partial charge on any atom is 0.307 e. The third kappa shape index (κ3) is 2.29. The van der Waals surface area contributed by atoms with E-state index in [0.29, 0.717) is 0 Å². The second kappa shape index (κ2) is 4.33. The highest BCUT2D eigenvalue weighted by Gasteiger charge is 2.41. The van der Waals surface area contributed by atoms with E-state index in [2.05, 4.69) is 0 Å². The third-order valence-electron chi connectivity index (χ3n) is 2.69. The molecule has 1 fully saturated rings. The van der Waals surface area contributed by atoms with Gasteiger partial charge in [-0.15, -0.1) is 0 Å². The number of ketones is 3. The first-order chi connectivity index (χ1) is 6.97. The van der Waals surface area contributed by atoms with Crippen LogP contribution in [0.15, 0.2) is 0 Å². The SMILES string of the molecule is CCC(=O)C1CC(=O)C(=O)CC1C(=O)O. The lowest BCUT2D eigenvalue weighted by atomic mass is 9.75. The Morgan fingerprint density at radius 3 is 2.07 bits per heavy atom. The Kier molecular flexibility index (Phi) is 3.34. The fourth-order valence-corrected chi connectivity index (χ4v) is 1.77. The van der Waals surface area contributed by atoms with Crippen molar-refractivity contribution in [3.05, 3.63) is 0 Å². The van der Waals surface area contributed by atoms with Crippen molar-refractivity contribution < 1.29 is 24.3 Å². The molecular formula is C10H12O5. The highest BCUT2D eigenvalue weighted by atomic mass is 16.4. The quantitative estimate of drug-likeness (QED) is 0.676. The number of rotatable bonds is 3. The molecule has 2 atom stereocenters. The standard InChI is InChI=1S/C10H12O5/c1-2-7(11)5-3-8(12)9(13)4-6(5)10(14)15/h5-6H,2-4H2,1H3,(H,14,15). The molecule has 2 unspecified atom stereocenters. The lowest BCUT2D eigenvalue weighted by molar-refractivity contribution is -0.154. The van der Waals surface area contributed by atoms with E-state index in [1.807, 2.05) is 0 Å². The summed E-state index contributed by atoms with van der Waals surface area (Å²) in [6.07, 6.45) is -0.400. The molecule has 0 amide bonds. The molecule has 0 heterocycles. The minimum absolute atomic E-state index is 0.190. The molecule has 0 aromatic heterocycles. The van der Waals surface area contributed by atoms with Crippen molar-refractivity contribution in [1.82, 2.24) is 0 Å². The van der Waals surface area contributed by atoms with Gasteiger partial charge in [0.05, 0.1) is 5.92 Å². The van der Waals surface area contributed by atoms with Gasteiger partial charge < -0.3 is 5.11 Å². The first-order valence-corrected chi connectivity index (χ1v) is 4.79. The Labute approximate surface area is 86.5 Å². The zero-order valence-electron chi connectivity index (χ0n) is 8.36. The van der Waals surface area contributed by atoms with Crippen molar-refractivity contribution in [3.8, 4) is 0 Å². The molecular weight excluding hydrogens is 200 g/mol. The maximum atomic E-state index is 11.4. The Bertz CT molecular complexity index is 331. The van der Waals surface area contributed by atoms with Gasteiger partial charge in [0.2, 0.25) is 0 Å². The van der Waals surface area contributed by atoms with Crippen LogP contribution in [0.3, 0.4) is 0 Å². The van der Waals surface area contributed by atoms with Gasteiger partial charge in [-0.05, 0) is 0 Å². The number of Topliss-reactive ketones (excluding diaryl/α,β-unsaturated/α-hetero) is 3. The number of carboxylic acid groups (broad SMARTS) is 1. The highest BCUT2D eigenvalue weighted by molar-refractivity contribution is 6.38. The summed E-state index contributed by atoms with van der Waals surface area (Å²) in [5.41, 5.74) is 0. The van der Waals surface area contributed by atoms with Crippen molar-refractivity contribution in [2.24, 2.45) is 11.8 Å². The van der Waals surface area contributed by atoms with Crippen molar-refractivity contribution in [2.45, 2.75) is 26.2 Å². The van der Waals surface area contributed by atoms with Gasteiger partial charge in [-0.2, -0.15) is 0 Å². The summed E-state index contributed by atoms with van der Waals surface area (Å²) in [7, 11) is 0. The molecule has 0 aromatic rings. The zero-order valence-corrected chi connectivity index (χ0v) is 8.36. The van der Waals surface area contributed by atoms with Gasteiger partial charge in [-0.25, -0.2) is 0 Å². The predicted octanol–water partition coefficient (Wildman–Crippen LogP) is 0.214. The third-order valence-corrected chi connectivity index (χ3v) is 2.69. The fraction of sp³-hybridized carbons (Fsp3) is 0.600. The van der Waals surface area contributed by atoms with Crippen molar-refractivity contribution in [2.75, 3.05) is 0 Å². The Morgan fingerprint density at radius 1 is 1.20 bits per heavy atom. The van der Waals surface area contributed by atoms with Crippen LogP contribution < -0.4 is 0 Å². The molecule has 0 radical (unpaired) electrons. The van der Waals surface area contributed by atoms with E-state index in [0.717, 1.165) is 0 Å².